The highest BCUT2D eigenvalue weighted by Crippen LogP contribution is 2.20. The summed E-state index contributed by atoms with van der Waals surface area (Å²) in [5.74, 6) is -1.13. The summed E-state index contributed by atoms with van der Waals surface area (Å²) in [5, 5.41) is 11.6. The van der Waals surface area contributed by atoms with Crippen LogP contribution in [0.15, 0.2) is 22.7 Å². The zero-order valence-electron chi connectivity index (χ0n) is 11.1. The van der Waals surface area contributed by atoms with Crippen LogP contribution in [-0.4, -0.2) is 35.7 Å². The number of hydrogen-bond donors (Lipinski definition) is 2. The second-order valence-corrected chi connectivity index (χ2v) is 5.69. The van der Waals surface area contributed by atoms with Gasteiger partial charge in [-0.05, 0) is 37.5 Å². The second-order valence-electron chi connectivity index (χ2n) is 4.84. The summed E-state index contributed by atoms with van der Waals surface area (Å²) in [4.78, 5) is 22.7. The normalized spacial score (nSPS) is 21.7. The summed E-state index contributed by atoms with van der Waals surface area (Å²) in [6.45, 7) is 2.28. The Hall–Kier alpha value is -1.40. The van der Waals surface area contributed by atoms with Crippen molar-refractivity contribution in [2.45, 2.75) is 32.0 Å². The number of nitrogens with one attached hydrogen (secondary N) is 1. The SMILES string of the molecule is Cc1ccc(C(=O)NCC2CCC(C(=O)O)O2)cc1Br. The number of benzene rings is 1. The van der Waals surface area contributed by atoms with Crippen LogP contribution in [0.25, 0.3) is 0 Å². The van der Waals surface area contributed by atoms with Gasteiger partial charge in [0.1, 0.15) is 0 Å². The molecule has 1 aromatic rings. The predicted molar refractivity (Wildman–Crippen MR) is 76.7 cm³/mol. The number of aryl methyl sites for hydroxylation is 1. The van der Waals surface area contributed by atoms with Gasteiger partial charge in [-0.25, -0.2) is 4.79 Å². The molecule has 20 heavy (non-hydrogen) atoms. The van der Waals surface area contributed by atoms with Crippen LogP contribution >= 0.6 is 15.9 Å². The third-order valence-corrected chi connectivity index (χ3v) is 4.16. The van der Waals surface area contributed by atoms with Gasteiger partial charge >= 0.3 is 5.97 Å². The monoisotopic (exact) mass is 341 g/mol. The maximum absolute atomic E-state index is 12.0. The van der Waals surface area contributed by atoms with Crippen molar-refractivity contribution in [3.63, 3.8) is 0 Å². The number of amides is 1. The lowest BCUT2D eigenvalue weighted by Gasteiger charge is -2.12. The number of carbonyl (C=O) groups excluding carboxylic acids is 1. The standard InChI is InChI=1S/C14H16BrNO4/c1-8-2-3-9(6-11(8)15)13(17)16-7-10-4-5-12(20-10)14(18)19/h2-3,6,10,12H,4-5,7H2,1H3,(H,16,17)(H,18,19). The highest BCUT2D eigenvalue weighted by Gasteiger charge is 2.30. The Bertz CT molecular complexity index is 532. The van der Waals surface area contributed by atoms with Gasteiger partial charge in [-0.2, -0.15) is 0 Å². The van der Waals surface area contributed by atoms with Gasteiger partial charge in [-0.15, -0.1) is 0 Å². The van der Waals surface area contributed by atoms with Gasteiger partial charge in [0.05, 0.1) is 6.10 Å². The van der Waals surface area contributed by atoms with E-state index in [0.717, 1.165) is 10.0 Å². The molecule has 1 heterocycles. The summed E-state index contributed by atoms with van der Waals surface area (Å²) in [5.41, 5.74) is 1.63. The molecule has 5 nitrogen and oxygen atoms in total. The molecule has 1 amide bonds. The van der Waals surface area contributed by atoms with Crippen LogP contribution in [-0.2, 0) is 9.53 Å². The molecule has 0 aliphatic carbocycles. The number of halogens is 1. The first-order valence-electron chi connectivity index (χ1n) is 6.40. The smallest absolute Gasteiger partial charge is 0.332 e. The quantitative estimate of drug-likeness (QED) is 0.879. The van der Waals surface area contributed by atoms with Gasteiger partial charge in [0.2, 0.25) is 0 Å². The van der Waals surface area contributed by atoms with Crippen molar-refractivity contribution < 1.29 is 19.4 Å². The van der Waals surface area contributed by atoms with Crippen molar-refractivity contribution in [2.75, 3.05) is 6.54 Å². The van der Waals surface area contributed by atoms with Gasteiger partial charge in [0.15, 0.2) is 6.10 Å². The largest absolute Gasteiger partial charge is 0.479 e. The molecular formula is C14H16BrNO4. The van der Waals surface area contributed by atoms with Crippen LogP contribution in [0.3, 0.4) is 0 Å². The molecule has 0 bridgehead atoms. The van der Waals surface area contributed by atoms with E-state index >= 15 is 0 Å². The van der Waals surface area contributed by atoms with E-state index in [1.807, 2.05) is 13.0 Å². The van der Waals surface area contributed by atoms with Crippen molar-refractivity contribution in [1.29, 1.82) is 0 Å². The highest BCUT2D eigenvalue weighted by molar-refractivity contribution is 9.10. The van der Waals surface area contributed by atoms with Crippen molar-refractivity contribution in [1.82, 2.24) is 5.32 Å². The molecule has 1 fully saturated rings. The molecule has 0 radical (unpaired) electrons. The molecular weight excluding hydrogens is 326 g/mol. The Kier molecular flexibility index (Phi) is 4.77. The van der Waals surface area contributed by atoms with Gasteiger partial charge in [-0.3, -0.25) is 4.79 Å². The van der Waals surface area contributed by atoms with Crippen molar-refractivity contribution in [2.24, 2.45) is 0 Å². The minimum atomic E-state index is -0.943. The topological polar surface area (TPSA) is 75.6 Å². The van der Waals surface area contributed by atoms with E-state index in [0.29, 0.717) is 24.9 Å². The summed E-state index contributed by atoms with van der Waals surface area (Å²) < 4.78 is 6.21. The van der Waals surface area contributed by atoms with Gasteiger partial charge in [0, 0.05) is 16.6 Å². The lowest BCUT2D eigenvalue weighted by Crippen LogP contribution is -2.33. The molecule has 2 atom stereocenters. The Morgan fingerprint density at radius 2 is 2.20 bits per heavy atom. The molecule has 1 saturated heterocycles. The Morgan fingerprint density at radius 1 is 1.45 bits per heavy atom. The number of hydrogen-bond acceptors (Lipinski definition) is 3. The fraction of sp³-hybridized carbons (Fsp3) is 0.429. The molecule has 1 aromatic carbocycles. The Balaban J connectivity index is 1.86. The minimum Gasteiger partial charge on any atom is -0.479 e. The van der Waals surface area contributed by atoms with E-state index in [2.05, 4.69) is 21.2 Å². The molecule has 2 N–H and O–H groups in total. The molecule has 0 aromatic heterocycles. The van der Waals surface area contributed by atoms with Crippen LogP contribution in [0.1, 0.15) is 28.8 Å². The summed E-state index contributed by atoms with van der Waals surface area (Å²) in [6.07, 6.45) is 0.167. The van der Waals surface area contributed by atoms with Crippen molar-refractivity contribution in [3.05, 3.63) is 33.8 Å². The Labute approximate surface area is 125 Å². The van der Waals surface area contributed by atoms with Crippen LogP contribution in [0, 0.1) is 6.92 Å². The van der Waals surface area contributed by atoms with E-state index in [-0.39, 0.29) is 12.0 Å². The highest BCUT2D eigenvalue weighted by atomic mass is 79.9. The molecule has 1 aliphatic heterocycles. The lowest BCUT2D eigenvalue weighted by atomic mass is 10.1. The Morgan fingerprint density at radius 3 is 2.80 bits per heavy atom. The zero-order valence-corrected chi connectivity index (χ0v) is 12.6. The third-order valence-electron chi connectivity index (χ3n) is 3.31. The van der Waals surface area contributed by atoms with Crippen LogP contribution in [0.2, 0.25) is 0 Å². The van der Waals surface area contributed by atoms with Gasteiger partial charge in [0.25, 0.3) is 5.91 Å². The van der Waals surface area contributed by atoms with Gasteiger partial charge in [-0.1, -0.05) is 22.0 Å². The average molecular weight is 342 g/mol. The molecule has 2 unspecified atom stereocenters. The van der Waals surface area contributed by atoms with Gasteiger partial charge < -0.3 is 15.2 Å². The van der Waals surface area contributed by atoms with E-state index in [1.54, 1.807) is 12.1 Å². The van der Waals surface area contributed by atoms with Crippen LogP contribution < -0.4 is 5.32 Å². The second kappa shape index (κ2) is 6.37. The number of carboxylic acid groups (broad SMARTS) is 1. The zero-order chi connectivity index (χ0) is 14.7. The van der Waals surface area contributed by atoms with E-state index in [4.69, 9.17) is 9.84 Å². The number of aliphatic carboxylic acids is 1. The predicted octanol–water partition coefficient (Wildman–Crippen LogP) is 2.12. The molecule has 0 saturated carbocycles. The number of rotatable bonds is 4. The minimum absolute atomic E-state index is 0.187. The van der Waals surface area contributed by atoms with E-state index in [1.165, 1.54) is 0 Å². The first kappa shape index (κ1) is 15.0. The first-order chi connectivity index (χ1) is 9.47. The van der Waals surface area contributed by atoms with Crippen molar-refractivity contribution in [3.8, 4) is 0 Å². The van der Waals surface area contributed by atoms with E-state index in [9.17, 15) is 9.59 Å². The maximum atomic E-state index is 12.0. The van der Waals surface area contributed by atoms with Crippen molar-refractivity contribution >= 4 is 27.8 Å². The molecule has 6 heteroatoms. The molecule has 108 valence electrons. The molecule has 0 spiro atoms. The molecule has 2 rings (SSSR count). The number of ether oxygens (including phenoxy) is 1. The van der Waals surface area contributed by atoms with E-state index < -0.39 is 12.1 Å². The molecule has 1 aliphatic rings. The van der Waals surface area contributed by atoms with Crippen LogP contribution in [0.5, 0.6) is 0 Å². The summed E-state index contributed by atoms with van der Waals surface area (Å²) >= 11 is 3.39. The lowest BCUT2D eigenvalue weighted by molar-refractivity contribution is -0.149. The fourth-order valence-electron chi connectivity index (χ4n) is 2.08. The summed E-state index contributed by atoms with van der Waals surface area (Å²) in [6, 6.07) is 5.39. The maximum Gasteiger partial charge on any atom is 0.332 e. The number of carboxylic acids is 1. The first-order valence-corrected chi connectivity index (χ1v) is 7.19. The van der Waals surface area contributed by atoms with Crippen LogP contribution in [0.4, 0.5) is 0 Å². The summed E-state index contributed by atoms with van der Waals surface area (Å²) in [7, 11) is 0. The number of carbonyl (C=O) groups is 2. The average Bonchev–Trinajstić information content (AvgIpc) is 2.88. The fourth-order valence-corrected chi connectivity index (χ4v) is 2.46. The third kappa shape index (κ3) is 3.58.